The molecule has 1 aromatic rings. The summed E-state index contributed by atoms with van der Waals surface area (Å²) in [6, 6.07) is 6.37. The second-order valence-corrected chi connectivity index (χ2v) is 3.68. The van der Waals surface area contributed by atoms with Crippen LogP contribution in [0.25, 0.3) is 0 Å². The lowest BCUT2D eigenvalue weighted by atomic mass is 9.97. The van der Waals surface area contributed by atoms with Crippen molar-refractivity contribution in [1.29, 1.82) is 5.41 Å². The Kier molecular flexibility index (Phi) is 1.83. The van der Waals surface area contributed by atoms with E-state index in [9.17, 15) is 0 Å². The SMILES string of the molecule is Cc1ccc2c(c1)C(=N)N(C)CC2. The number of nitrogens with one attached hydrogen (secondary N) is 1. The summed E-state index contributed by atoms with van der Waals surface area (Å²) in [6.45, 7) is 3.04. The van der Waals surface area contributed by atoms with E-state index >= 15 is 0 Å². The number of amidine groups is 1. The Morgan fingerprint density at radius 3 is 2.92 bits per heavy atom. The van der Waals surface area contributed by atoms with E-state index in [1.165, 1.54) is 11.1 Å². The molecule has 0 bridgehead atoms. The van der Waals surface area contributed by atoms with Crippen molar-refractivity contribution in [2.24, 2.45) is 0 Å². The molecule has 0 radical (unpaired) electrons. The van der Waals surface area contributed by atoms with E-state index in [1.807, 2.05) is 11.9 Å². The van der Waals surface area contributed by atoms with Gasteiger partial charge in [0.1, 0.15) is 5.84 Å². The number of likely N-dealkylation sites (N-methyl/N-ethyl adjacent to an activating group) is 1. The molecule has 1 heterocycles. The summed E-state index contributed by atoms with van der Waals surface area (Å²) in [5, 5.41) is 7.90. The predicted octanol–water partition coefficient (Wildman–Crippen LogP) is 1.81. The fourth-order valence-corrected chi connectivity index (χ4v) is 1.73. The molecule has 0 amide bonds. The fraction of sp³-hybridized carbons (Fsp3) is 0.364. The summed E-state index contributed by atoms with van der Waals surface area (Å²) in [6.07, 6.45) is 1.06. The van der Waals surface area contributed by atoms with Gasteiger partial charge >= 0.3 is 0 Å². The summed E-state index contributed by atoms with van der Waals surface area (Å²) in [5.74, 6) is 0.657. The Bertz CT molecular complexity index is 355. The normalized spacial score (nSPS) is 15.8. The van der Waals surface area contributed by atoms with E-state index in [1.54, 1.807) is 0 Å². The number of hydrogen-bond donors (Lipinski definition) is 1. The molecule has 0 atom stereocenters. The molecule has 1 aliphatic heterocycles. The highest BCUT2D eigenvalue weighted by Crippen LogP contribution is 2.18. The maximum absolute atomic E-state index is 7.90. The Labute approximate surface area is 78.7 Å². The molecule has 2 heteroatoms. The first-order chi connectivity index (χ1) is 6.18. The zero-order valence-corrected chi connectivity index (χ0v) is 8.09. The van der Waals surface area contributed by atoms with Gasteiger partial charge in [-0.25, -0.2) is 0 Å². The molecule has 68 valence electrons. The van der Waals surface area contributed by atoms with E-state index in [-0.39, 0.29) is 0 Å². The minimum absolute atomic E-state index is 0.657. The van der Waals surface area contributed by atoms with Gasteiger partial charge in [-0.1, -0.05) is 17.7 Å². The molecule has 2 nitrogen and oxygen atoms in total. The third-order valence-corrected chi connectivity index (χ3v) is 2.62. The largest absolute Gasteiger partial charge is 0.359 e. The van der Waals surface area contributed by atoms with Crippen molar-refractivity contribution < 1.29 is 0 Å². The van der Waals surface area contributed by atoms with Crippen LogP contribution in [-0.4, -0.2) is 24.3 Å². The number of fused-ring (bicyclic) bond motifs is 1. The topological polar surface area (TPSA) is 27.1 Å². The molecule has 0 saturated heterocycles. The minimum atomic E-state index is 0.657. The van der Waals surface area contributed by atoms with Gasteiger partial charge in [0, 0.05) is 19.2 Å². The first-order valence-electron chi connectivity index (χ1n) is 4.58. The standard InChI is InChI=1S/C11H14N2/c1-8-3-4-9-5-6-13(2)11(12)10(9)7-8/h3-4,7,12H,5-6H2,1-2H3. The van der Waals surface area contributed by atoms with Gasteiger partial charge in [-0.05, 0) is 25.0 Å². The summed E-state index contributed by atoms with van der Waals surface area (Å²) >= 11 is 0. The highest BCUT2D eigenvalue weighted by Gasteiger charge is 2.17. The van der Waals surface area contributed by atoms with E-state index < -0.39 is 0 Å². The maximum atomic E-state index is 7.90. The summed E-state index contributed by atoms with van der Waals surface area (Å²) < 4.78 is 0. The monoisotopic (exact) mass is 174 g/mol. The van der Waals surface area contributed by atoms with Crippen LogP contribution in [0, 0.1) is 12.3 Å². The first kappa shape index (κ1) is 8.30. The summed E-state index contributed by atoms with van der Waals surface area (Å²) in [4.78, 5) is 2.00. The highest BCUT2D eigenvalue weighted by molar-refractivity contribution is 5.98. The average Bonchev–Trinajstić information content (AvgIpc) is 2.12. The van der Waals surface area contributed by atoms with Crippen molar-refractivity contribution in [2.75, 3.05) is 13.6 Å². The molecule has 0 aromatic heterocycles. The van der Waals surface area contributed by atoms with Crippen molar-refractivity contribution in [2.45, 2.75) is 13.3 Å². The molecule has 0 aliphatic carbocycles. The lowest BCUT2D eigenvalue weighted by molar-refractivity contribution is 0.492. The van der Waals surface area contributed by atoms with Gasteiger partial charge in [0.2, 0.25) is 0 Å². The second-order valence-electron chi connectivity index (χ2n) is 3.68. The van der Waals surface area contributed by atoms with Gasteiger partial charge in [-0.15, -0.1) is 0 Å². The molecule has 0 spiro atoms. The second kappa shape index (κ2) is 2.87. The van der Waals surface area contributed by atoms with Crippen LogP contribution in [0.3, 0.4) is 0 Å². The van der Waals surface area contributed by atoms with Crippen molar-refractivity contribution in [3.05, 3.63) is 34.9 Å². The van der Waals surface area contributed by atoms with Gasteiger partial charge in [-0.3, -0.25) is 5.41 Å². The highest BCUT2D eigenvalue weighted by atomic mass is 15.1. The van der Waals surface area contributed by atoms with Crippen molar-refractivity contribution in [1.82, 2.24) is 4.90 Å². The lowest BCUT2D eigenvalue weighted by Crippen LogP contribution is -2.34. The number of hydrogen-bond acceptors (Lipinski definition) is 1. The van der Waals surface area contributed by atoms with Gasteiger partial charge in [0.05, 0.1) is 0 Å². The van der Waals surface area contributed by atoms with Crippen LogP contribution in [-0.2, 0) is 6.42 Å². The number of nitrogens with zero attached hydrogens (tertiary/aromatic N) is 1. The molecule has 0 fully saturated rings. The van der Waals surface area contributed by atoms with Gasteiger partial charge in [0.25, 0.3) is 0 Å². The quantitative estimate of drug-likeness (QED) is 0.638. The average molecular weight is 174 g/mol. The van der Waals surface area contributed by atoms with Crippen LogP contribution < -0.4 is 0 Å². The van der Waals surface area contributed by atoms with E-state index in [4.69, 9.17) is 5.41 Å². The van der Waals surface area contributed by atoms with Crippen molar-refractivity contribution >= 4 is 5.84 Å². The van der Waals surface area contributed by atoms with Crippen LogP contribution in [0.1, 0.15) is 16.7 Å². The van der Waals surface area contributed by atoms with Crippen molar-refractivity contribution in [3.63, 3.8) is 0 Å². The molecule has 13 heavy (non-hydrogen) atoms. The molecular formula is C11H14N2. The van der Waals surface area contributed by atoms with Crippen LogP contribution in [0.4, 0.5) is 0 Å². The Morgan fingerprint density at radius 1 is 1.38 bits per heavy atom. The molecule has 0 saturated carbocycles. The molecule has 1 N–H and O–H groups in total. The minimum Gasteiger partial charge on any atom is -0.359 e. The van der Waals surface area contributed by atoms with Crippen LogP contribution >= 0.6 is 0 Å². The third-order valence-electron chi connectivity index (χ3n) is 2.62. The number of benzene rings is 1. The molecule has 1 aliphatic rings. The predicted molar refractivity (Wildman–Crippen MR) is 54.3 cm³/mol. The van der Waals surface area contributed by atoms with Crippen LogP contribution in [0.15, 0.2) is 18.2 Å². The van der Waals surface area contributed by atoms with E-state index in [0.717, 1.165) is 18.5 Å². The van der Waals surface area contributed by atoms with Crippen molar-refractivity contribution in [3.8, 4) is 0 Å². The van der Waals surface area contributed by atoms with E-state index in [2.05, 4.69) is 25.1 Å². The molecule has 2 rings (SSSR count). The Balaban J connectivity index is 2.51. The number of aryl methyl sites for hydroxylation is 1. The zero-order valence-electron chi connectivity index (χ0n) is 8.09. The summed E-state index contributed by atoms with van der Waals surface area (Å²) in [7, 11) is 1.98. The van der Waals surface area contributed by atoms with Gasteiger partial charge in [0.15, 0.2) is 0 Å². The smallest absolute Gasteiger partial charge is 0.128 e. The molecule has 0 unspecified atom stereocenters. The van der Waals surface area contributed by atoms with Crippen LogP contribution in [0.2, 0.25) is 0 Å². The zero-order chi connectivity index (χ0) is 9.42. The number of rotatable bonds is 0. The fourth-order valence-electron chi connectivity index (χ4n) is 1.73. The Morgan fingerprint density at radius 2 is 2.15 bits per heavy atom. The lowest BCUT2D eigenvalue weighted by Gasteiger charge is -2.27. The molecule has 1 aromatic carbocycles. The molecular weight excluding hydrogens is 160 g/mol. The van der Waals surface area contributed by atoms with Gasteiger partial charge in [-0.2, -0.15) is 0 Å². The summed E-state index contributed by atoms with van der Waals surface area (Å²) in [5.41, 5.74) is 3.65. The third kappa shape index (κ3) is 1.32. The maximum Gasteiger partial charge on any atom is 0.128 e. The van der Waals surface area contributed by atoms with Crippen LogP contribution in [0.5, 0.6) is 0 Å². The first-order valence-corrected chi connectivity index (χ1v) is 4.58. The van der Waals surface area contributed by atoms with Gasteiger partial charge < -0.3 is 4.90 Å². The Hall–Kier alpha value is -1.31. The van der Waals surface area contributed by atoms with E-state index in [0.29, 0.717) is 5.84 Å².